The second kappa shape index (κ2) is 9.86. The number of carbonyl (C=O) groups excluding carboxylic acids is 1. The highest BCUT2D eigenvalue weighted by Crippen LogP contribution is 2.30. The van der Waals surface area contributed by atoms with Gasteiger partial charge in [-0.15, -0.1) is 6.42 Å². The molecule has 0 atom stereocenters. The number of carbonyl (C=O) groups is 1. The number of aromatic nitrogens is 2. The Kier molecular flexibility index (Phi) is 6.99. The van der Waals surface area contributed by atoms with E-state index in [1.165, 1.54) is 11.8 Å². The highest BCUT2D eigenvalue weighted by atomic mass is 32.2. The maximum Gasteiger partial charge on any atom is 0.256 e. The van der Waals surface area contributed by atoms with E-state index in [2.05, 4.69) is 22.8 Å². The molecule has 30 heavy (non-hydrogen) atoms. The third-order valence-electron chi connectivity index (χ3n) is 4.40. The second-order valence-electron chi connectivity index (χ2n) is 6.40. The molecule has 152 valence electrons. The summed E-state index contributed by atoms with van der Waals surface area (Å²) >= 11 is 1.49. The van der Waals surface area contributed by atoms with Gasteiger partial charge in [-0.3, -0.25) is 4.79 Å². The first-order valence-electron chi connectivity index (χ1n) is 9.45. The van der Waals surface area contributed by atoms with Crippen molar-refractivity contribution in [2.75, 3.05) is 18.2 Å². The average Bonchev–Trinajstić information content (AvgIpc) is 3.11. The molecule has 0 bridgehead atoms. The van der Waals surface area contributed by atoms with Gasteiger partial charge in [-0.1, -0.05) is 60.7 Å². The normalized spacial score (nSPS) is 10.3. The van der Waals surface area contributed by atoms with E-state index in [9.17, 15) is 4.79 Å². The minimum atomic E-state index is -0.297. The number of amides is 1. The van der Waals surface area contributed by atoms with Crippen molar-refractivity contribution < 1.29 is 9.53 Å². The van der Waals surface area contributed by atoms with Gasteiger partial charge in [-0.2, -0.15) is 0 Å². The molecule has 1 amide bonds. The van der Waals surface area contributed by atoms with E-state index in [0.717, 1.165) is 10.7 Å². The Labute approximate surface area is 181 Å². The van der Waals surface area contributed by atoms with E-state index in [-0.39, 0.29) is 5.91 Å². The first-order chi connectivity index (χ1) is 14.6. The molecule has 0 radical (unpaired) electrons. The van der Waals surface area contributed by atoms with Crippen molar-refractivity contribution >= 4 is 29.2 Å². The molecule has 5 nitrogen and oxygen atoms in total. The number of hydrogen-bond donors (Lipinski definition) is 1. The molecule has 0 fully saturated rings. The standard InChI is InChI=1S/C24H23N3O2S/c1-5-18-13-10-14-20(15-18)23(28)25-22-21(17(3)29-6-2)27(24(26-22)30-4)16-19-11-8-7-9-12-19/h1,7-15H,3,6,16H2,2,4H3,(H,25,28). The molecule has 0 aliphatic rings. The van der Waals surface area contributed by atoms with Gasteiger partial charge >= 0.3 is 0 Å². The molecule has 0 unspecified atom stereocenters. The van der Waals surface area contributed by atoms with Crippen LogP contribution in [0.2, 0.25) is 0 Å². The SMILES string of the molecule is C#Cc1cccc(C(=O)Nc2nc(SC)n(Cc3ccccc3)c2C(=C)OCC)c1. The Bertz CT molecular complexity index is 1100. The van der Waals surface area contributed by atoms with Crippen LogP contribution in [0.25, 0.3) is 5.76 Å². The van der Waals surface area contributed by atoms with Crippen molar-refractivity contribution in [3.63, 3.8) is 0 Å². The number of hydrogen-bond acceptors (Lipinski definition) is 4. The van der Waals surface area contributed by atoms with E-state index in [1.54, 1.807) is 24.3 Å². The lowest BCUT2D eigenvalue weighted by Gasteiger charge is -2.14. The Morgan fingerprint density at radius 1 is 1.27 bits per heavy atom. The lowest BCUT2D eigenvalue weighted by atomic mass is 10.1. The molecule has 1 aromatic heterocycles. The zero-order valence-corrected chi connectivity index (χ0v) is 17.8. The predicted octanol–water partition coefficient (Wildman–Crippen LogP) is 4.89. The molecule has 1 N–H and O–H groups in total. The molecule has 3 rings (SSSR count). The van der Waals surface area contributed by atoms with Crippen LogP contribution in [0.4, 0.5) is 5.82 Å². The highest BCUT2D eigenvalue weighted by Gasteiger charge is 2.22. The number of anilines is 1. The Morgan fingerprint density at radius 2 is 2.03 bits per heavy atom. The fourth-order valence-corrected chi connectivity index (χ4v) is 3.60. The maximum atomic E-state index is 12.9. The molecule has 0 saturated carbocycles. The third kappa shape index (κ3) is 4.76. The number of rotatable bonds is 8. The van der Waals surface area contributed by atoms with Crippen molar-refractivity contribution in [1.82, 2.24) is 9.55 Å². The molecule has 0 spiro atoms. The van der Waals surface area contributed by atoms with Gasteiger partial charge in [0.1, 0.15) is 11.5 Å². The topological polar surface area (TPSA) is 56.2 Å². The van der Waals surface area contributed by atoms with Gasteiger partial charge < -0.3 is 14.6 Å². The summed E-state index contributed by atoms with van der Waals surface area (Å²) < 4.78 is 7.69. The van der Waals surface area contributed by atoms with Crippen LogP contribution in [-0.4, -0.2) is 28.3 Å². The monoisotopic (exact) mass is 417 g/mol. The fourth-order valence-electron chi connectivity index (χ4n) is 3.04. The smallest absolute Gasteiger partial charge is 0.256 e. The van der Waals surface area contributed by atoms with Gasteiger partial charge in [0, 0.05) is 11.1 Å². The number of benzene rings is 2. The van der Waals surface area contributed by atoms with E-state index in [1.807, 2.05) is 48.1 Å². The summed E-state index contributed by atoms with van der Waals surface area (Å²) in [5.41, 5.74) is 2.85. The van der Waals surface area contributed by atoms with Crippen LogP contribution in [0.5, 0.6) is 0 Å². The number of ether oxygens (including phenoxy) is 1. The number of nitrogens with zero attached hydrogens (tertiary/aromatic N) is 2. The molecule has 0 aliphatic carbocycles. The average molecular weight is 418 g/mol. The summed E-state index contributed by atoms with van der Waals surface area (Å²) in [6.45, 7) is 6.99. The van der Waals surface area contributed by atoms with Gasteiger partial charge in [0.05, 0.1) is 13.2 Å². The van der Waals surface area contributed by atoms with Crippen molar-refractivity contribution in [2.45, 2.75) is 18.6 Å². The molecule has 2 aromatic carbocycles. The summed E-state index contributed by atoms with van der Waals surface area (Å²) in [6, 6.07) is 17.0. The van der Waals surface area contributed by atoms with Crippen LogP contribution in [0.1, 0.15) is 34.1 Å². The first-order valence-corrected chi connectivity index (χ1v) is 10.7. The highest BCUT2D eigenvalue weighted by molar-refractivity contribution is 7.98. The molecule has 6 heteroatoms. The lowest BCUT2D eigenvalue weighted by molar-refractivity contribution is 0.102. The molecule has 0 saturated heterocycles. The largest absolute Gasteiger partial charge is 0.492 e. The molecular formula is C24H23N3O2S. The zero-order chi connectivity index (χ0) is 21.5. The molecule has 3 aromatic rings. The number of thioether (sulfide) groups is 1. The Balaban J connectivity index is 2.01. The van der Waals surface area contributed by atoms with Crippen molar-refractivity contribution in [3.8, 4) is 12.3 Å². The van der Waals surface area contributed by atoms with Gasteiger partial charge in [0.2, 0.25) is 0 Å². The minimum absolute atomic E-state index is 0.297. The van der Waals surface area contributed by atoms with Crippen LogP contribution in [-0.2, 0) is 11.3 Å². The summed E-state index contributed by atoms with van der Waals surface area (Å²) in [5.74, 6) is 3.11. The summed E-state index contributed by atoms with van der Waals surface area (Å²) in [6.07, 6.45) is 7.40. The number of terminal acetylenes is 1. The number of imidazole rings is 1. The van der Waals surface area contributed by atoms with Crippen LogP contribution in [0.3, 0.4) is 0 Å². The Morgan fingerprint density at radius 3 is 2.70 bits per heavy atom. The minimum Gasteiger partial charge on any atom is -0.492 e. The fraction of sp³-hybridized carbons (Fsp3) is 0.167. The summed E-state index contributed by atoms with van der Waals surface area (Å²) in [4.78, 5) is 17.5. The van der Waals surface area contributed by atoms with Crippen molar-refractivity contribution in [2.24, 2.45) is 0 Å². The summed E-state index contributed by atoms with van der Waals surface area (Å²) in [7, 11) is 0. The summed E-state index contributed by atoms with van der Waals surface area (Å²) in [5, 5.41) is 3.66. The van der Waals surface area contributed by atoms with Crippen LogP contribution in [0, 0.1) is 12.3 Å². The lowest BCUT2D eigenvalue weighted by Crippen LogP contribution is -2.15. The van der Waals surface area contributed by atoms with Gasteiger partial charge in [-0.25, -0.2) is 4.98 Å². The van der Waals surface area contributed by atoms with Crippen molar-refractivity contribution in [3.05, 3.63) is 83.6 Å². The molecule has 0 aliphatic heterocycles. The van der Waals surface area contributed by atoms with E-state index in [4.69, 9.17) is 11.2 Å². The zero-order valence-electron chi connectivity index (χ0n) is 17.0. The second-order valence-corrected chi connectivity index (χ2v) is 7.18. The third-order valence-corrected chi connectivity index (χ3v) is 5.08. The van der Waals surface area contributed by atoms with E-state index >= 15 is 0 Å². The van der Waals surface area contributed by atoms with Crippen LogP contribution >= 0.6 is 11.8 Å². The quantitative estimate of drug-likeness (QED) is 0.322. The van der Waals surface area contributed by atoms with Crippen LogP contribution in [0.15, 0.2) is 66.3 Å². The van der Waals surface area contributed by atoms with Gasteiger partial charge in [0.15, 0.2) is 11.0 Å². The van der Waals surface area contributed by atoms with Gasteiger partial charge in [-0.05, 0) is 36.9 Å². The Hall–Kier alpha value is -3.43. The predicted molar refractivity (Wildman–Crippen MR) is 123 cm³/mol. The van der Waals surface area contributed by atoms with Crippen molar-refractivity contribution in [1.29, 1.82) is 0 Å². The van der Waals surface area contributed by atoms with Crippen LogP contribution < -0.4 is 5.32 Å². The molecular weight excluding hydrogens is 394 g/mol. The maximum absolute atomic E-state index is 12.9. The number of nitrogens with one attached hydrogen (secondary N) is 1. The van der Waals surface area contributed by atoms with Gasteiger partial charge in [0.25, 0.3) is 5.91 Å². The van der Waals surface area contributed by atoms with E-state index in [0.29, 0.717) is 41.5 Å². The first kappa shape index (κ1) is 21.3. The van der Waals surface area contributed by atoms with E-state index < -0.39 is 0 Å². The molecule has 1 heterocycles.